The lowest BCUT2D eigenvalue weighted by Crippen LogP contribution is -2.46. The van der Waals surface area contributed by atoms with Gasteiger partial charge in [-0.3, -0.25) is 4.79 Å². The fourth-order valence-corrected chi connectivity index (χ4v) is 4.90. The molecule has 21 heavy (non-hydrogen) atoms. The second-order valence-electron chi connectivity index (χ2n) is 6.67. The molecule has 5 heteroatoms. The minimum absolute atomic E-state index is 0.149. The number of benzene rings is 1. The molecule has 4 nitrogen and oxygen atoms in total. The Morgan fingerprint density at radius 2 is 1.76 bits per heavy atom. The third kappa shape index (κ3) is 3.64. The number of amides is 1. The van der Waals surface area contributed by atoms with E-state index in [2.05, 4.69) is 5.32 Å². The lowest BCUT2D eigenvalue weighted by atomic mass is 10.0. The van der Waals surface area contributed by atoms with Crippen LogP contribution in [0.25, 0.3) is 0 Å². The molecule has 2 atom stereocenters. The van der Waals surface area contributed by atoms with Crippen LogP contribution in [0.2, 0.25) is 0 Å². The second-order valence-corrected chi connectivity index (χ2v) is 8.84. The zero-order chi connectivity index (χ0) is 15.7. The number of hydrogen-bond donors (Lipinski definition) is 1. The van der Waals surface area contributed by atoms with Gasteiger partial charge in [-0.25, -0.2) is 8.42 Å². The van der Waals surface area contributed by atoms with Crippen LogP contribution in [0.5, 0.6) is 0 Å². The van der Waals surface area contributed by atoms with Crippen LogP contribution >= 0.6 is 0 Å². The highest BCUT2D eigenvalue weighted by atomic mass is 32.2. The van der Waals surface area contributed by atoms with Crippen molar-refractivity contribution in [1.82, 2.24) is 5.32 Å². The van der Waals surface area contributed by atoms with Gasteiger partial charge >= 0.3 is 0 Å². The first kappa shape index (κ1) is 16.0. The van der Waals surface area contributed by atoms with Gasteiger partial charge in [-0.15, -0.1) is 0 Å². The highest BCUT2D eigenvalue weighted by Gasteiger charge is 2.42. The number of nitrogens with one attached hydrogen (secondary N) is 1. The van der Waals surface area contributed by atoms with Crippen LogP contribution in [0.4, 0.5) is 0 Å². The fourth-order valence-electron chi connectivity index (χ4n) is 2.84. The van der Waals surface area contributed by atoms with Gasteiger partial charge in [0.05, 0.1) is 16.1 Å². The Bertz CT molecular complexity index is 602. The van der Waals surface area contributed by atoms with E-state index in [-0.39, 0.29) is 11.4 Å². The molecule has 2 rings (SSSR count). The maximum absolute atomic E-state index is 12.7. The van der Waals surface area contributed by atoms with E-state index >= 15 is 0 Å². The number of sulfone groups is 1. The van der Waals surface area contributed by atoms with E-state index in [1.54, 1.807) is 30.3 Å². The molecule has 1 amide bonds. The monoisotopic (exact) mass is 309 g/mol. The van der Waals surface area contributed by atoms with Gasteiger partial charge in [-0.05, 0) is 45.7 Å². The quantitative estimate of drug-likeness (QED) is 0.933. The van der Waals surface area contributed by atoms with Gasteiger partial charge in [0.1, 0.15) is 0 Å². The van der Waals surface area contributed by atoms with Crippen LogP contribution in [-0.4, -0.2) is 25.1 Å². The second kappa shape index (κ2) is 5.79. The van der Waals surface area contributed by atoms with Crippen LogP contribution in [0.3, 0.4) is 0 Å². The maximum Gasteiger partial charge on any atom is 0.224 e. The summed E-state index contributed by atoms with van der Waals surface area (Å²) in [7, 11) is -3.45. The predicted molar refractivity (Wildman–Crippen MR) is 82.7 cm³/mol. The van der Waals surface area contributed by atoms with Crippen molar-refractivity contribution in [3.05, 3.63) is 30.3 Å². The molecule has 2 unspecified atom stereocenters. The van der Waals surface area contributed by atoms with Crippen molar-refractivity contribution in [2.75, 3.05) is 0 Å². The average molecular weight is 309 g/mol. The molecule has 1 aromatic rings. The van der Waals surface area contributed by atoms with Crippen LogP contribution in [0.15, 0.2) is 35.2 Å². The summed E-state index contributed by atoms with van der Waals surface area (Å²) in [5.74, 6) is -0.598. The summed E-state index contributed by atoms with van der Waals surface area (Å²) in [5.41, 5.74) is -0.346. The number of hydrogen-bond acceptors (Lipinski definition) is 3. The van der Waals surface area contributed by atoms with E-state index in [4.69, 9.17) is 0 Å². The van der Waals surface area contributed by atoms with E-state index in [0.717, 1.165) is 6.42 Å². The Kier molecular flexibility index (Phi) is 4.42. The first-order chi connectivity index (χ1) is 9.72. The topological polar surface area (TPSA) is 63.2 Å². The van der Waals surface area contributed by atoms with E-state index < -0.39 is 21.0 Å². The van der Waals surface area contributed by atoms with Crippen LogP contribution in [0, 0.1) is 5.92 Å². The molecule has 0 aromatic heterocycles. The van der Waals surface area contributed by atoms with Crippen LogP contribution in [-0.2, 0) is 14.6 Å². The van der Waals surface area contributed by atoms with E-state index in [1.807, 2.05) is 20.8 Å². The average Bonchev–Trinajstić information content (AvgIpc) is 2.88. The first-order valence-corrected chi connectivity index (χ1v) is 8.87. The largest absolute Gasteiger partial charge is 0.351 e. The third-order valence-corrected chi connectivity index (χ3v) is 6.05. The lowest BCUT2D eigenvalue weighted by molar-refractivity contribution is -0.126. The molecule has 1 aliphatic rings. The van der Waals surface area contributed by atoms with Crippen molar-refractivity contribution in [2.45, 2.75) is 55.7 Å². The van der Waals surface area contributed by atoms with Gasteiger partial charge in [0.2, 0.25) is 5.91 Å². The van der Waals surface area contributed by atoms with Gasteiger partial charge in [0, 0.05) is 5.54 Å². The summed E-state index contributed by atoms with van der Waals surface area (Å²) in [6.45, 7) is 5.71. The summed E-state index contributed by atoms with van der Waals surface area (Å²) < 4.78 is 25.5. The van der Waals surface area contributed by atoms with Gasteiger partial charge < -0.3 is 5.32 Å². The van der Waals surface area contributed by atoms with Crippen molar-refractivity contribution >= 4 is 15.7 Å². The summed E-state index contributed by atoms with van der Waals surface area (Å²) in [6, 6.07) is 8.42. The molecule has 1 fully saturated rings. The molecular formula is C16H23NO3S. The Morgan fingerprint density at radius 3 is 2.33 bits per heavy atom. The highest BCUT2D eigenvalue weighted by molar-refractivity contribution is 7.92. The Hall–Kier alpha value is -1.36. The number of rotatable bonds is 3. The SMILES string of the molecule is CC(C)(C)NC(=O)C1CCCC1S(=O)(=O)c1ccccc1. The van der Waals surface area contributed by atoms with Crippen LogP contribution < -0.4 is 5.32 Å². The van der Waals surface area contributed by atoms with Crippen molar-refractivity contribution in [3.63, 3.8) is 0 Å². The van der Waals surface area contributed by atoms with Gasteiger partial charge in [-0.1, -0.05) is 24.6 Å². The molecule has 0 spiro atoms. The molecular weight excluding hydrogens is 286 g/mol. The smallest absolute Gasteiger partial charge is 0.224 e. The molecule has 0 heterocycles. The van der Waals surface area contributed by atoms with Crippen molar-refractivity contribution in [2.24, 2.45) is 5.92 Å². The lowest BCUT2D eigenvalue weighted by Gasteiger charge is -2.26. The summed E-state index contributed by atoms with van der Waals surface area (Å²) >= 11 is 0. The zero-order valence-corrected chi connectivity index (χ0v) is 13.6. The van der Waals surface area contributed by atoms with E-state index in [1.165, 1.54) is 0 Å². The molecule has 0 aliphatic heterocycles. The molecule has 1 N–H and O–H groups in total. The van der Waals surface area contributed by atoms with Crippen molar-refractivity contribution in [3.8, 4) is 0 Å². The Labute approximate surface area is 126 Å². The summed E-state index contributed by atoms with van der Waals surface area (Å²) in [4.78, 5) is 12.7. The molecule has 116 valence electrons. The minimum Gasteiger partial charge on any atom is -0.351 e. The molecule has 1 aromatic carbocycles. The molecule has 0 bridgehead atoms. The van der Waals surface area contributed by atoms with Gasteiger partial charge in [-0.2, -0.15) is 0 Å². The fraction of sp³-hybridized carbons (Fsp3) is 0.562. The standard InChI is InChI=1S/C16H23NO3S/c1-16(2,3)17-15(18)13-10-7-11-14(13)21(19,20)12-8-5-4-6-9-12/h4-6,8-9,13-14H,7,10-11H2,1-3H3,(H,17,18). The third-order valence-electron chi connectivity index (χ3n) is 3.76. The normalized spacial score (nSPS) is 23.0. The van der Waals surface area contributed by atoms with Crippen molar-refractivity contribution < 1.29 is 13.2 Å². The summed E-state index contributed by atoms with van der Waals surface area (Å²) in [5, 5.41) is 2.30. The maximum atomic E-state index is 12.7. The van der Waals surface area contributed by atoms with Gasteiger partial charge in [0.15, 0.2) is 9.84 Å². The Balaban J connectivity index is 2.25. The molecule has 0 saturated heterocycles. The molecule has 1 aliphatic carbocycles. The predicted octanol–water partition coefficient (Wildman–Crippen LogP) is 2.54. The minimum atomic E-state index is -3.45. The van der Waals surface area contributed by atoms with E-state index in [9.17, 15) is 13.2 Å². The number of carbonyl (C=O) groups is 1. The zero-order valence-electron chi connectivity index (χ0n) is 12.8. The highest BCUT2D eigenvalue weighted by Crippen LogP contribution is 2.35. The molecule has 0 radical (unpaired) electrons. The molecule has 1 saturated carbocycles. The first-order valence-electron chi connectivity index (χ1n) is 7.33. The van der Waals surface area contributed by atoms with Crippen molar-refractivity contribution in [1.29, 1.82) is 0 Å². The summed E-state index contributed by atoms with van der Waals surface area (Å²) in [6.07, 6.45) is 1.97. The van der Waals surface area contributed by atoms with Gasteiger partial charge in [0.25, 0.3) is 0 Å². The van der Waals surface area contributed by atoms with Crippen LogP contribution in [0.1, 0.15) is 40.0 Å². The number of carbonyl (C=O) groups excluding carboxylic acids is 1. The Morgan fingerprint density at radius 1 is 1.14 bits per heavy atom. The van der Waals surface area contributed by atoms with E-state index in [0.29, 0.717) is 17.7 Å².